The van der Waals surface area contributed by atoms with Crippen molar-refractivity contribution in [2.75, 3.05) is 6.61 Å². The number of fused-ring (bicyclic) bond motifs is 5. The predicted molar refractivity (Wildman–Crippen MR) is 88.3 cm³/mol. The molecule has 0 bridgehead atoms. The van der Waals surface area contributed by atoms with Gasteiger partial charge in [-0.1, -0.05) is 13.0 Å². The van der Waals surface area contributed by atoms with Gasteiger partial charge in [-0.15, -0.1) is 0 Å². The van der Waals surface area contributed by atoms with Gasteiger partial charge >= 0.3 is 0 Å². The number of rotatable bonds is 3. The fourth-order valence-corrected chi connectivity index (χ4v) is 5.73. The summed E-state index contributed by atoms with van der Waals surface area (Å²) in [6.07, 6.45) is 8.46. The first-order valence-electron chi connectivity index (χ1n) is 8.92. The monoisotopic (exact) mass is 313 g/mol. The van der Waals surface area contributed by atoms with Crippen molar-refractivity contribution in [3.05, 3.63) is 29.3 Å². The van der Waals surface area contributed by atoms with Gasteiger partial charge in [-0.2, -0.15) is 0 Å². The molecule has 0 unspecified atom stereocenters. The zero-order chi connectivity index (χ0) is 16.0. The summed E-state index contributed by atoms with van der Waals surface area (Å²) in [7, 11) is 0. The molecule has 1 aromatic carbocycles. The maximum atomic E-state index is 10.4. The molecule has 23 heavy (non-hydrogen) atoms. The summed E-state index contributed by atoms with van der Waals surface area (Å²) in [6.45, 7) is 2.32. The fraction of sp³-hybridized carbons (Fsp3) is 0.650. The molecule has 123 valence electrons. The summed E-state index contributed by atoms with van der Waals surface area (Å²) < 4.78 is 5.40. The summed E-state index contributed by atoms with van der Waals surface area (Å²) in [5, 5.41) is 10.4. The minimum Gasteiger partial charge on any atom is -0.485 e. The molecular weight excluding hydrogens is 288 g/mol. The SMILES string of the molecule is C[C@]12CC[C@@H]3c4ccc(OC[C]=O)cc4CC[C@H]3[C@@H]1CC[C@H]2O. The van der Waals surface area contributed by atoms with Crippen molar-refractivity contribution in [1.82, 2.24) is 0 Å². The van der Waals surface area contributed by atoms with E-state index in [4.69, 9.17) is 4.74 Å². The molecule has 0 saturated heterocycles. The third-order valence-corrected chi connectivity index (χ3v) is 6.95. The molecule has 0 aromatic heterocycles. The normalized spacial score (nSPS) is 38.3. The van der Waals surface area contributed by atoms with Gasteiger partial charge in [0.2, 0.25) is 6.29 Å². The van der Waals surface area contributed by atoms with Crippen LogP contribution in [0.5, 0.6) is 5.75 Å². The van der Waals surface area contributed by atoms with Crippen LogP contribution >= 0.6 is 0 Å². The second-order valence-corrected chi connectivity index (χ2v) is 7.85. The number of aliphatic hydroxyl groups is 1. The number of aliphatic hydroxyl groups excluding tert-OH is 1. The quantitative estimate of drug-likeness (QED) is 0.930. The Labute approximate surface area is 138 Å². The molecule has 1 aromatic rings. The van der Waals surface area contributed by atoms with E-state index < -0.39 is 0 Å². The number of aryl methyl sites for hydroxylation is 1. The molecule has 3 aliphatic rings. The van der Waals surface area contributed by atoms with E-state index in [1.165, 1.54) is 30.4 Å². The first kappa shape index (κ1) is 15.2. The summed E-state index contributed by atoms with van der Waals surface area (Å²) in [5.41, 5.74) is 3.01. The number of benzene rings is 1. The molecule has 4 rings (SSSR count). The van der Waals surface area contributed by atoms with Crippen molar-refractivity contribution in [2.24, 2.45) is 17.3 Å². The van der Waals surface area contributed by atoms with E-state index in [9.17, 15) is 9.90 Å². The highest BCUT2D eigenvalue weighted by atomic mass is 16.5. The molecule has 3 aliphatic carbocycles. The van der Waals surface area contributed by atoms with Crippen molar-refractivity contribution < 1.29 is 14.6 Å². The van der Waals surface area contributed by atoms with Crippen LogP contribution in [0.2, 0.25) is 0 Å². The van der Waals surface area contributed by atoms with Gasteiger partial charge < -0.3 is 9.84 Å². The first-order valence-corrected chi connectivity index (χ1v) is 8.92. The molecule has 3 nitrogen and oxygen atoms in total. The van der Waals surface area contributed by atoms with Crippen molar-refractivity contribution in [1.29, 1.82) is 0 Å². The van der Waals surface area contributed by atoms with Crippen molar-refractivity contribution in [3.63, 3.8) is 0 Å². The van der Waals surface area contributed by atoms with E-state index in [2.05, 4.69) is 19.1 Å². The molecule has 1 N–H and O–H groups in total. The zero-order valence-electron chi connectivity index (χ0n) is 13.8. The molecule has 0 heterocycles. The van der Waals surface area contributed by atoms with E-state index in [0.29, 0.717) is 17.8 Å². The molecule has 5 atom stereocenters. The number of hydrogen-bond acceptors (Lipinski definition) is 3. The van der Waals surface area contributed by atoms with E-state index >= 15 is 0 Å². The molecule has 1 radical (unpaired) electrons. The molecule has 2 fully saturated rings. The third-order valence-electron chi connectivity index (χ3n) is 6.95. The Morgan fingerprint density at radius 1 is 1.30 bits per heavy atom. The Bertz CT molecular complexity index is 611. The van der Waals surface area contributed by atoms with E-state index in [1.54, 1.807) is 6.29 Å². The van der Waals surface area contributed by atoms with Gasteiger partial charge in [0, 0.05) is 0 Å². The lowest BCUT2D eigenvalue weighted by atomic mass is 9.55. The van der Waals surface area contributed by atoms with E-state index in [-0.39, 0.29) is 18.1 Å². The Kier molecular flexibility index (Phi) is 3.72. The molecule has 0 spiro atoms. The third kappa shape index (κ3) is 2.32. The van der Waals surface area contributed by atoms with Crippen LogP contribution in [0.25, 0.3) is 0 Å². The van der Waals surface area contributed by atoms with Crippen molar-refractivity contribution in [2.45, 2.75) is 57.5 Å². The van der Waals surface area contributed by atoms with Crippen LogP contribution < -0.4 is 4.74 Å². The lowest BCUT2D eigenvalue weighted by Crippen LogP contribution is -2.43. The van der Waals surface area contributed by atoms with Gasteiger partial charge in [0.25, 0.3) is 0 Å². The fourth-order valence-electron chi connectivity index (χ4n) is 5.73. The van der Waals surface area contributed by atoms with Gasteiger partial charge in [-0.25, -0.2) is 0 Å². The number of ether oxygens (including phenoxy) is 1. The number of carbonyl (C=O) groups excluding carboxylic acids is 1. The van der Waals surface area contributed by atoms with Crippen LogP contribution in [-0.2, 0) is 11.2 Å². The van der Waals surface area contributed by atoms with E-state index in [1.807, 2.05) is 6.07 Å². The lowest BCUT2D eigenvalue weighted by molar-refractivity contribution is -0.0226. The molecular formula is C20H25O3. The van der Waals surface area contributed by atoms with Gasteiger partial charge in [0.05, 0.1) is 6.10 Å². The van der Waals surface area contributed by atoms with Crippen LogP contribution in [-0.4, -0.2) is 24.1 Å². The Hall–Kier alpha value is -1.35. The van der Waals surface area contributed by atoms with Gasteiger partial charge in [0.15, 0.2) is 6.61 Å². The average molecular weight is 313 g/mol. The minimum atomic E-state index is -0.106. The van der Waals surface area contributed by atoms with Crippen LogP contribution in [0.3, 0.4) is 0 Å². The highest BCUT2D eigenvalue weighted by Crippen LogP contribution is 2.60. The standard InChI is InChI=1S/C20H25O3/c1-20-9-8-16-15-5-3-14(23-11-10-21)12-13(15)2-4-17(16)18(20)6-7-19(20)22/h3,5,12,16-19,22H,2,4,6-9,11H2,1H3/t16-,17-,18+,19-,20+/m1/s1. The molecule has 2 saturated carbocycles. The van der Waals surface area contributed by atoms with Gasteiger partial charge in [-0.05, 0) is 85.0 Å². The van der Waals surface area contributed by atoms with Crippen molar-refractivity contribution >= 4 is 6.29 Å². The summed E-state index contributed by atoms with van der Waals surface area (Å²) >= 11 is 0. The van der Waals surface area contributed by atoms with Crippen LogP contribution in [0.4, 0.5) is 0 Å². The van der Waals surface area contributed by atoms with Gasteiger partial charge in [-0.3, -0.25) is 4.79 Å². The van der Waals surface area contributed by atoms with Gasteiger partial charge in [0.1, 0.15) is 5.75 Å². The van der Waals surface area contributed by atoms with Crippen molar-refractivity contribution in [3.8, 4) is 5.75 Å². The Morgan fingerprint density at radius 3 is 3.00 bits per heavy atom. The zero-order valence-corrected chi connectivity index (χ0v) is 13.8. The summed E-state index contributed by atoms with van der Waals surface area (Å²) in [5.74, 6) is 2.80. The largest absolute Gasteiger partial charge is 0.485 e. The van der Waals surface area contributed by atoms with Crippen LogP contribution in [0.15, 0.2) is 18.2 Å². The molecule has 0 aliphatic heterocycles. The number of hydrogen-bond donors (Lipinski definition) is 1. The summed E-state index contributed by atoms with van der Waals surface area (Å²) in [6, 6.07) is 6.32. The second kappa shape index (κ2) is 5.62. The average Bonchev–Trinajstić information content (AvgIpc) is 2.88. The van der Waals surface area contributed by atoms with Crippen LogP contribution in [0, 0.1) is 17.3 Å². The summed E-state index contributed by atoms with van der Waals surface area (Å²) in [4.78, 5) is 10.3. The first-order chi connectivity index (χ1) is 11.1. The molecule has 3 heteroatoms. The smallest absolute Gasteiger partial charge is 0.239 e. The Morgan fingerprint density at radius 2 is 2.17 bits per heavy atom. The lowest BCUT2D eigenvalue weighted by Gasteiger charge is -2.50. The Balaban J connectivity index is 1.61. The van der Waals surface area contributed by atoms with Crippen LogP contribution in [0.1, 0.15) is 56.1 Å². The highest BCUT2D eigenvalue weighted by molar-refractivity contribution is 5.52. The maximum absolute atomic E-state index is 10.4. The topological polar surface area (TPSA) is 46.5 Å². The predicted octanol–water partition coefficient (Wildman–Crippen LogP) is 3.39. The maximum Gasteiger partial charge on any atom is 0.239 e. The highest BCUT2D eigenvalue weighted by Gasteiger charge is 2.54. The molecule has 0 amide bonds. The second-order valence-electron chi connectivity index (χ2n) is 7.85. The van der Waals surface area contributed by atoms with E-state index in [0.717, 1.165) is 25.0 Å². The minimum absolute atomic E-state index is 0.00313.